The van der Waals surface area contributed by atoms with Crippen molar-refractivity contribution < 1.29 is 4.79 Å². The molecular weight excluding hydrogens is 322 g/mol. The standard InChI is InChI=1S/C15H12ClN3O2S/c1-8(20)11-6-10(16)3-2-9(11)7-19-12-4-5-17-13(12)14(21)18-15(19)22/h2-6,17H,7H2,1H3,(H,18,21,22). The second kappa shape index (κ2) is 5.55. The fraction of sp³-hybridized carbons (Fsp3) is 0.133. The number of rotatable bonds is 3. The van der Waals surface area contributed by atoms with E-state index in [0.717, 1.165) is 5.56 Å². The number of H-pyrrole nitrogens is 2. The molecule has 0 amide bonds. The highest BCUT2D eigenvalue weighted by molar-refractivity contribution is 7.71. The van der Waals surface area contributed by atoms with Crippen LogP contribution in [-0.4, -0.2) is 20.3 Å². The molecule has 2 heterocycles. The molecule has 3 aromatic rings. The number of hydrogen-bond donors (Lipinski definition) is 2. The van der Waals surface area contributed by atoms with Crippen LogP contribution < -0.4 is 5.56 Å². The van der Waals surface area contributed by atoms with Crippen LogP contribution in [0.25, 0.3) is 11.0 Å². The van der Waals surface area contributed by atoms with E-state index >= 15 is 0 Å². The highest BCUT2D eigenvalue weighted by Crippen LogP contribution is 2.19. The normalized spacial score (nSPS) is 11.0. The third-order valence-electron chi connectivity index (χ3n) is 3.49. The molecule has 0 aliphatic heterocycles. The van der Waals surface area contributed by atoms with Gasteiger partial charge in [0.05, 0.1) is 12.1 Å². The van der Waals surface area contributed by atoms with Crippen molar-refractivity contribution in [3.8, 4) is 0 Å². The summed E-state index contributed by atoms with van der Waals surface area (Å²) in [5.74, 6) is -0.0706. The molecule has 0 spiro atoms. The lowest BCUT2D eigenvalue weighted by Gasteiger charge is -2.12. The number of fused-ring (bicyclic) bond motifs is 1. The molecule has 3 rings (SSSR count). The summed E-state index contributed by atoms with van der Waals surface area (Å²) in [6, 6.07) is 6.95. The molecule has 22 heavy (non-hydrogen) atoms. The van der Waals surface area contributed by atoms with Crippen molar-refractivity contribution in [3.05, 3.63) is 61.7 Å². The van der Waals surface area contributed by atoms with Gasteiger partial charge in [0, 0.05) is 16.8 Å². The van der Waals surface area contributed by atoms with Gasteiger partial charge in [0.1, 0.15) is 5.52 Å². The number of aromatic nitrogens is 3. The highest BCUT2D eigenvalue weighted by Gasteiger charge is 2.12. The number of benzene rings is 1. The van der Waals surface area contributed by atoms with E-state index in [1.165, 1.54) is 6.92 Å². The lowest BCUT2D eigenvalue weighted by molar-refractivity contribution is 0.101. The monoisotopic (exact) mass is 333 g/mol. The molecule has 2 N–H and O–H groups in total. The summed E-state index contributed by atoms with van der Waals surface area (Å²) in [4.78, 5) is 29.2. The second-order valence-corrected chi connectivity index (χ2v) is 5.76. The maximum atomic E-state index is 11.8. The number of nitrogens with zero attached hydrogens (tertiary/aromatic N) is 1. The van der Waals surface area contributed by atoms with Crippen molar-refractivity contribution in [2.45, 2.75) is 13.5 Å². The Morgan fingerprint density at radius 1 is 1.36 bits per heavy atom. The largest absolute Gasteiger partial charge is 0.355 e. The molecule has 0 atom stereocenters. The van der Waals surface area contributed by atoms with Crippen molar-refractivity contribution in [3.63, 3.8) is 0 Å². The number of halogens is 1. The molecule has 0 bridgehead atoms. The van der Waals surface area contributed by atoms with Gasteiger partial charge in [-0.05, 0) is 42.9 Å². The zero-order valence-corrected chi connectivity index (χ0v) is 13.2. The average Bonchev–Trinajstić information content (AvgIpc) is 2.94. The Morgan fingerprint density at radius 2 is 2.14 bits per heavy atom. The Labute approximate surface area is 135 Å². The van der Waals surface area contributed by atoms with E-state index in [4.69, 9.17) is 23.8 Å². The first-order valence-electron chi connectivity index (χ1n) is 6.57. The van der Waals surface area contributed by atoms with Crippen molar-refractivity contribution in [1.82, 2.24) is 14.5 Å². The molecule has 2 aromatic heterocycles. The van der Waals surface area contributed by atoms with Crippen LogP contribution in [0.1, 0.15) is 22.8 Å². The third kappa shape index (κ3) is 2.51. The molecular formula is C15H12ClN3O2S. The van der Waals surface area contributed by atoms with Gasteiger partial charge in [-0.3, -0.25) is 14.6 Å². The molecule has 0 radical (unpaired) electrons. The Balaban J connectivity index is 2.20. The Kier molecular flexibility index (Phi) is 3.72. The zero-order chi connectivity index (χ0) is 15.9. The number of aromatic amines is 2. The summed E-state index contributed by atoms with van der Waals surface area (Å²) in [5.41, 5.74) is 2.22. The SMILES string of the molecule is CC(=O)c1cc(Cl)ccc1Cn1c(=S)[nH]c(=O)c2[nH]ccc21. The molecule has 1 aromatic carbocycles. The molecule has 7 heteroatoms. The first-order valence-corrected chi connectivity index (χ1v) is 7.35. The van der Waals surface area contributed by atoms with Gasteiger partial charge in [-0.1, -0.05) is 17.7 Å². The minimum atomic E-state index is -0.260. The molecule has 0 saturated heterocycles. The number of ketones is 1. The Hall–Kier alpha value is -2.18. The molecule has 0 saturated carbocycles. The van der Waals surface area contributed by atoms with E-state index in [1.54, 1.807) is 35.0 Å². The van der Waals surface area contributed by atoms with Crippen LogP contribution in [0.15, 0.2) is 35.3 Å². The van der Waals surface area contributed by atoms with Crippen molar-refractivity contribution in [2.24, 2.45) is 0 Å². The number of carbonyl (C=O) groups excluding carboxylic acids is 1. The lowest BCUT2D eigenvalue weighted by Crippen LogP contribution is -2.15. The highest BCUT2D eigenvalue weighted by atomic mass is 35.5. The van der Waals surface area contributed by atoms with Crippen molar-refractivity contribution >= 4 is 40.6 Å². The van der Waals surface area contributed by atoms with Gasteiger partial charge in [-0.25, -0.2) is 0 Å². The van der Waals surface area contributed by atoms with E-state index in [9.17, 15) is 9.59 Å². The second-order valence-electron chi connectivity index (χ2n) is 4.94. The van der Waals surface area contributed by atoms with Gasteiger partial charge in [-0.15, -0.1) is 0 Å². The van der Waals surface area contributed by atoms with E-state index in [-0.39, 0.29) is 11.3 Å². The minimum Gasteiger partial charge on any atom is -0.355 e. The fourth-order valence-corrected chi connectivity index (χ4v) is 2.87. The van der Waals surface area contributed by atoms with Gasteiger partial charge in [0.15, 0.2) is 10.6 Å². The number of hydrogen-bond acceptors (Lipinski definition) is 3. The van der Waals surface area contributed by atoms with Crippen LogP contribution in [0.5, 0.6) is 0 Å². The van der Waals surface area contributed by atoms with E-state index in [1.807, 2.05) is 0 Å². The Morgan fingerprint density at radius 3 is 2.86 bits per heavy atom. The third-order valence-corrected chi connectivity index (χ3v) is 4.05. The van der Waals surface area contributed by atoms with Crippen LogP contribution >= 0.6 is 23.8 Å². The van der Waals surface area contributed by atoms with Gasteiger partial charge in [0.25, 0.3) is 5.56 Å². The molecule has 5 nitrogen and oxygen atoms in total. The fourth-order valence-electron chi connectivity index (χ4n) is 2.45. The Bertz CT molecular complexity index is 1000. The van der Waals surface area contributed by atoms with E-state index < -0.39 is 0 Å². The topological polar surface area (TPSA) is 70.7 Å². The van der Waals surface area contributed by atoms with Crippen LogP contribution in [0.2, 0.25) is 5.02 Å². The quantitative estimate of drug-likeness (QED) is 0.570. The van der Waals surface area contributed by atoms with E-state index in [2.05, 4.69) is 9.97 Å². The zero-order valence-electron chi connectivity index (χ0n) is 11.6. The molecule has 0 aliphatic carbocycles. The van der Waals surface area contributed by atoms with Crippen molar-refractivity contribution in [1.29, 1.82) is 0 Å². The summed E-state index contributed by atoms with van der Waals surface area (Å²) in [6.07, 6.45) is 1.68. The van der Waals surface area contributed by atoms with Crippen LogP contribution in [0, 0.1) is 4.77 Å². The van der Waals surface area contributed by atoms with Gasteiger partial charge >= 0.3 is 0 Å². The summed E-state index contributed by atoms with van der Waals surface area (Å²) in [5, 5.41) is 0.505. The van der Waals surface area contributed by atoms with Crippen LogP contribution in [0.3, 0.4) is 0 Å². The summed E-state index contributed by atoms with van der Waals surface area (Å²) >= 11 is 11.2. The minimum absolute atomic E-state index is 0.0706. The number of Topliss-reactive ketones (excluding diaryl/α,β-unsaturated/α-hetero) is 1. The van der Waals surface area contributed by atoms with Gasteiger partial charge in [0.2, 0.25) is 0 Å². The maximum Gasteiger partial charge on any atom is 0.276 e. The van der Waals surface area contributed by atoms with Crippen LogP contribution in [-0.2, 0) is 6.54 Å². The van der Waals surface area contributed by atoms with Crippen LogP contribution in [0.4, 0.5) is 0 Å². The first kappa shape index (κ1) is 14.7. The number of nitrogens with one attached hydrogen (secondary N) is 2. The lowest BCUT2D eigenvalue weighted by atomic mass is 10.0. The molecule has 0 fully saturated rings. The predicted molar refractivity (Wildman–Crippen MR) is 88.3 cm³/mol. The summed E-state index contributed by atoms with van der Waals surface area (Å²) in [7, 11) is 0. The summed E-state index contributed by atoms with van der Waals surface area (Å²) < 4.78 is 2.08. The summed E-state index contributed by atoms with van der Waals surface area (Å²) in [6.45, 7) is 1.86. The van der Waals surface area contributed by atoms with Crippen molar-refractivity contribution in [2.75, 3.05) is 0 Å². The van der Waals surface area contributed by atoms with Gasteiger partial charge < -0.3 is 9.55 Å². The maximum absolute atomic E-state index is 11.8. The molecule has 112 valence electrons. The number of carbonyl (C=O) groups is 1. The van der Waals surface area contributed by atoms with Gasteiger partial charge in [-0.2, -0.15) is 0 Å². The molecule has 0 unspecified atom stereocenters. The molecule has 0 aliphatic rings. The van der Waals surface area contributed by atoms with E-state index in [0.29, 0.717) is 32.9 Å². The average molecular weight is 334 g/mol. The predicted octanol–water partition coefficient (Wildman–Crippen LogP) is 3.29. The first-order chi connectivity index (χ1) is 10.5. The smallest absolute Gasteiger partial charge is 0.276 e.